The van der Waals surface area contributed by atoms with Crippen LogP contribution in [0.1, 0.15) is 17.3 Å². The number of benzene rings is 2. The molecule has 0 aliphatic rings. The molecular weight excluding hydrogens is 385 g/mol. The van der Waals surface area contributed by atoms with Gasteiger partial charge in [-0.2, -0.15) is 0 Å². The highest BCUT2D eigenvalue weighted by atomic mass is 19.2. The van der Waals surface area contributed by atoms with Crippen molar-refractivity contribution in [2.45, 2.75) is 13.0 Å². The Morgan fingerprint density at radius 2 is 1.82 bits per heavy atom. The fourth-order valence-corrected chi connectivity index (χ4v) is 2.11. The number of rotatable bonds is 6. The number of hydrogen-bond acceptors (Lipinski definition) is 6. The smallest absolute Gasteiger partial charge is 0.338 e. The standard InChI is InChI=1S/C17H13F3N2O6/c1-8(16(23)21-11-5-4-10(18)14(19)15(11)20)28-13-6-3-9(17(24)27-2)7-12(13)22(25)26/h3-8H,1-2H3,(H,21,23)/t8-/m0/s1. The molecule has 0 bridgehead atoms. The topological polar surface area (TPSA) is 108 Å². The third-order valence-electron chi connectivity index (χ3n) is 3.54. The molecule has 0 unspecified atom stereocenters. The molecule has 1 N–H and O–H groups in total. The molecule has 0 saturated carbocycles. The molecule has 0 aromatic heterocycles. The Hall–Kier alpha value is -3.63. The number of esters is 1. The lowest BCUT2D eigenvalue weighted by Gasteiger charge is -2.15. The van der Waals surface area contributed by atoms with Gasteiger partial charge in [-0.25, -0.2) is 18.0 Å². The molecular formula is C17H13F3N2O6. The van der Waals surface area contributed by atoms with Gasteiger partial charge in [-0.1, -0.05) is 0 Å². The van der Waals surface area contributed by atoms with Crippen molar-refractivity contribution in [3.63, 3.8) is 0 Å². The highest BCUT2D eigenvalue weighted by Crippen LogP contribution is 2.29. The Morgan fingerprint density at radius 3 is 2.43 bits per heavy atom. The number of amides is 1. The number of nitrogens with one attached hydrogen (secondary N) is 1. The van der Waals surface area contributed by atoms with Crippen LogP contribution in [0.3, 0.4) is 0 Å². The highest BCUT2D eigenvalue weighted by molar-refractivity contribution is 5.94. The molecule has 2 aromatic rings. The normalized spacial score (nSPS) is 11.5. The predicted octanol–water partition coefficient (Wildman–Crippen LogP) is 3.20. The summed E-state index contributed by atoms with van der Waals surface area (Å²) in [5.74, 6) is -6.92. The van der Waals surface area contributed by atoms with E-state index in [1.807, 2.05) is 5.32 Å². The number of methoxy groups -OCH3 is 1. The van der Waals surface area contributed by atoms with Crippen LogP contribution in [0.5, 0.6) is 5.75 Å². The van der Waals surface area contributed by atoms with Crippen molar-refractivity contribution in [1.82, 2.24) is 0 Å². The summed E-state index contributed by atoms with van der Waals surface area (Å²) in [6.07, 6.45) is -1.38. The molecule has 0 aliphatic heterocycles. The zero-order valence-electron chi connectivity index (χ0n) is 14.5. The van der Waals surface area contributed by atoms with E-state index in [1.54, 1.807) is 0 Å². The van der Waals surface area contributed by atoms with E-state index >= 15 is 0 Å². The molecule has 0 saturated heterocycles. The van der Waals surface area contributed by atoms with E-state index in [0.717, 1.165) is 25.3 Å². The molecule has 2 rings (SSSR count). The van der Waals surface area contributed by atoms with Gasteiger partial charge in [-0.05, 0) is 31.2 Å². The lowest BCUT2D eigenvalue weighted by atomic mass is 10.2. The number of halogens is 3. The van der Waals surface area contributed by atoms with Crippen molar-refractivity contribution in [3.8, 4) is 5.75 Å². The van der Waals surface area contributed by atoms with Gasteiger partial charge in [0.2, 0.25) is 0 Å². The second kappa shape index (κ2) is 8.37. The lowest BCUT2D eigenvalue weighted by molar-refractivity contribution is -0.386. The van der Waals surface area contributed by atoms with E-state index < -0.39 is 51.7 Å². The van der Waals surface area contributed by atoms with Crippen molar-refractivity contribution in [2.75, 3.05) is 12.4 Å². The summed E-state index contributed by atoms with van der Waals surface area (Å²) in [5.41, 5.74) is -1.35. The van der Waals surface area contributed by atoms with Crippen LogP contribution in [0.2, 0.25) is 0 Å². The highest BCUT2D eigenvalue weighted by Gasteiger charge is 2.24. The molecule has 11 heteroatoms. The summed E-state index contributed by atoms with van der Waals surface area (Å²) < 4.78 is 49.5. The number of hydrogen-bond donors (Lipinski definition) is 1. The monoisotopic (exact) mass is 398 g/mol. The minimum absolute atomic E-state index is 0.109. The molecule has 8 nitrogen and oxygen atoms in total. The molecule has 148 valence electrons. The molecule has 0 heterocycles. The Kier molecular flexibility index (Phi) is 6.18. The van der Waals surface area contributed by atoms with Gasteiger partial charge in [0.1, 0.15) is 0 Å². The van der Waals surface area contributed by atoms with Crippen LogP contribution < -0.4 is 10.1 Å². The van der Waals surface area contributed by atoms with Crippen molar-refractivity contribution >= 4 is 23.3 Å². The van der Waals surface area contributed by atoms with Crippen molar-refractivity contribution < 1.29 is 37.2 Å². The van der Waals surface area contributed by atoms with Gasteiger partial charge < -0.3 is 14.8 Å². The second-order valence-electron chi connectivity index (χ2n) is 5.40. The van der Waals surface area contributed by atoms with E-state index in [2.05, 4.69) is 4.74 Å². The van der Waals surface area contributed by atoms with Crippen molar-refractivity contribution in [2.24, 2.45) is 0 Å². The van der Waals surface area contributed by atoms with Gasteiger partial charge in [0, 0.05) is 6.07 Å². The molecule has 0 radical (unpaired) electrons. The van der Waals surface area contributed by atoms with Crippen LogP contribution in [-0.4, -0.2) is 30.0 Å². The Balaban J connectivity index is 2.21. The molecule has 0 aliphatic carbocycles. The first kappa shape index (κ1) is 20.7. The van der Waals surface area contributed by atoms with E-state index in [9.17, 15) is 32.9 Å². The van der Waals surface area contributed by atoms with E-state index in [-0.39, 0.29) is 11.3 Å². The Bertz CT molecular complexity index is 951. The average molecular weight is 398 g/mol. The van der Waals surface area contributed by atoms with Crippen LogP contribution in [-0.2, 0) is 9.53 Å². The molecule has 2 aromatic carbocycles. The van der Waals surface area contributed by atoms with Gasteiger partial charge in [0.25, 0.3) is 5.91 Å². The van der Waals surface area contributed by atoms with Crippen LogP contribution >= 0.6 is 0 Å². The summed E-state index contributed by atoms with van der Waals surface area (Å²) in [6.45, 7) is 1.20. The second-order valence-corrected chi connectivity index (χ2v) is 5.40. The SMILES string of the molecule is COC(=O)c1ccc(O[C@@H](C)C(=O)Nc2ccc(F)c(F)c2F)c([N+](=O)[O-])c1. The third kappa shape index (κ3) is 4.37. The Labute approximate surface area is 156 Å². The van der Waals surface area contributed by atoms with Crippen molar-refractivity contribution in [3.05, 3.63) is 63.5 Å². The van der Waals surface area contributed by atoms with E-state index in [4.69, 9.17) is 4.74 Å². The van der Waals surface area contributed by atoms with Crippen LogP contribution in [0, 0.1) is 27.6 Å². The average Bonchev–Trinajstić information content (AvgIpc) is 2.67. The third-order valence-corrected chi connectivity index (χ3v) is 3.54. The quantitative estimate of drug-likeness (QED) is 0.347. The van der Waals surface area contributed by atoms with Gasteiger partial charge >= 0.3 is 11.7 Å². The first-order valence-electron chi connectivity index (χ1n) is 7.63. The number of nitrogens with zero attached hydrogens (tertiary/aromatic N) is 1. The Morgan fingerprint density at radius 1 is 1.14 bits per heavy atom. The van der Waals surface area contributed by atoms with Crippen LogP contribution in [0.15, 0.2) is 30.3 Å². The fourth-order valence-electron chi connectivity index (χ4n) is 2.11. The van der Waals surface area contributed by atoms with Gasteiger partial charge in [-0.3, -0.25) is 14.9 Å². The van der Waals surface area contributed by atoms with Gasteiger partial charge in [0.15, 0.2) is 29.3 Å². The lowest BCUT2D eigenvalue weighted by Crippen LogP contribution is -2.30. The zero-order chi connectivity index (χ0) is 21.0. The number of carbonyl (C=O) groups excluding carboxylic acids is 2. The fraction of sp³-hybridized carbons (Fsp3) is 0.176. The molecule has 0 spiro atoms. The van der Waals surface area contributed by atoms with Crippen LogP contribution in [0.25, 0.3) is 0 Å². The molecule has 0 fully saturated rings. The van der Waals surface area contributed by atoms with Crippen LogP contribution in [0.4, 0.5) is 24.5 Å². The number of nitro groups is 1. The molecule has 1 amide bonds. The van der Waals surface area contributed by atoms with E-state index in [0.29, 0.717) is 6.07 Å². The summed E-state index contributed by atoms with van der Waals surface area (Å²) in [6, 6.07) is 4.61. The number of anilines is 1. The van der Waals surface area contributed by atoms with Gasteiger partial charge in [-0.15, -0.1) is 0 Å². The maximum Gasteiger partial charge on any atom is 0.338 e. The summed E-state index contributed by atoms with van der Waals surface area (Å²) in [5, 5.41) is 13.2. The van der Waals surface area contributed by atoms with E-state index in [1.165, 1.54) is 13.0 Å². The van der Waals surface area contributed by atoms with Gasteiger partial charge in [0.05, 0.1) is 23.3 Å². The summed E-state index contributed by atoms with van der Waals surface area (Å²) >= 11 is 0. The minimum atomic E-state index is -1.76. The molecule has 1 atom stereocenters. The number of carbonyl (C=O) groups is 2. The first-order chi connectivity index (χ1) is 13.1. The summed E-state index contributed by atoms with van der Waals surface area (Å²) in [4.78, 5) is 33.9. The molecule has 28 heavy (non-hydrogen) atoms. The largest absolute Gasteiger partial charge is 0.474 e. The number of ether oxygens (including phenoxy) is 2. The van der Waals surface area contributed by atoms with Crippen molar-refractivity contribution in [1.29, 1.82) is 0 Å². The predicted molar refractivity (Wildman–Crippen MR) is 89.5 cm³/mol. The maximum atomic E-state index is 13.6. The minimum Gasteiger partial charge on any atom is -0.474 e. The zero-order valence-corrected chi connectivity index (χ0v) is 14.5. The first-order valence-corrected chi connectivity index (χ1v) is 7.63. The maximum absolute atomic E-state index is 13.6. The number of nitro benzene ring substituents is 1. The summed E-state index contributed by atoms with van der Waals surface area (Å²) in [7, 11) is 1.10.